The Morgan fingerprint density at radius 1 is 1.27 bits per heavy atom. The molecule has 1 aliphatic rings. The van der Waals surface area contributed by atoms with Gasteiger partial charge in [0.15, 0.2) is 5.84 Å². The van der Waals surface area contributed by atoms with E-state index in [2.05, 4.69) is 35.0 Å². The van der Waals surface area contributed by atoms with E-state index in [1.165, 1.54) is 12.0 Å². The van der Waals surface area contributed by atoms with E-state index in [1.54, 1.807) is 6.08 Å². The molecule has 1 amide bonds. The van der Waals surface area contributed by atoms with Gasteiger partial charge in [-0.15, -0.1) is 0 Å². The highest BCUT2D eigenvalue weighted by atomic mass is 35.5. The lowest BCUT2D eigenvalue weighted by Crippen LogP contribution is -2.31. The number of hydrazone groups is 1. The summed E-state index contributed by atoms with van der Waals surface area (Å²) in [5.74, 6) is 1.41. The van der Waals surface area contributed by atoms with Gasteiger partial charge in [-0.05, 0) is 74.2 Å². The smallest absolute Gasteiger partial charge is 0.256 e. The Kier molecular flexibility index (Phi) is 9.34. The molecule has 0 saturated carbocycles. The molecule has 0 bridgehead atoms. The predicted octanol–water partition coefficient (Wildman–Crippen LogP) is 5.21. The zero-order chi connectivity index (χ0) is 23.6. The lowest BCUT2D eigenvalue weighted by molar-refractivity contribution is 0.0977. The standard InChI is InChI=1S/C26H33ClN4O2/c1-4-6-25(30-26(32)20-10-8-19(9-11-20)23-7-5-14-28-23)31-29-16-21-15-22(27)12-13-24(21)33-17-18(2)3/h4,6,8-13,15,18,23,28-29H,5,7,14,16-17H2,1-3H3,(H,30,31,32)/b6-4+. The van der Waals surface area contributed by atoms with Crippen LogP contribution < -0.4 is 20.8 Å². The first kappa shape index (κ1) is 24.8. The average molecular weight is 469 g/mol. The Morgan fingerprint density at radius 2 is 2.06 bits per heavy atom. The van der Waals surface area contributed by atoms with Crippen LogP contribution in [0.4, 0.5) is 0 Å². The fraction of sp³-hybridized carbons (Fsp3) is 0.385. The number of nitrogens with one attached hydrogen (secondary N) is 3. The monoisotopic (exact) mass is 468 g/mol. The van der Waals surface area contributed by atoms with Crippen molar-refractivity contribution in [1.82, 2.24) is 16.1 Å². The number of halogens is 1. The van der Waals surface area contributed by atoms with Crippen molar-refractivity contribution in [2.75, 3.05) is 13.2 Å². The summed E-state index contributed by atoms with van der Waals surface area (Å²) in [5.41, 5.74) is 5.72. The number of nitrogens with zero attached hydrogens (tertiary/aromatic N) is 1. The van der Waals surface area contributed by atoms with Gasteiger partial charge >= 0.3 is 0 Å². The van der Waals surface area contributed by atoms with Gasteiger partial charge in [0.2, 0.25) is 0 Å². The van der Waals surface area contributed by atoms with Crippen LogP contribution in [0, 0.1) is 5.92 Å². The molecule has 6 nitrogen and oxygen atoms in total. The molecule has 2 aromatic rings. The number of benzene rings is 2. The molecule has 1 saturated heterocycles. The van der Waals surface area contributed by atoms with E-state index < -0.39 is 0 Å². The number of ether oxygens (including phenoxy) is 1. The molecule has 3 rings (SSSR count). The second-order valence-electron chi connectivity index (χ2n) is 8.51. The lowest BCUT2D eigenvalue weighted by Gasteiger charge is -2.14. The lowest BCUT2D eigenvalue weighted by atomic mass is 10.0. The maximum atomic E-state index is 12.7. The van der Waals surface area contributed by atoms with E-state index in [0.29, 0.717) is 41.5 Å². The van der Waals surface area contributed by atoms with Crippen LogP contribution in [0.1, 0.15) is 61.1 Å². The quantitative estimate of drug-likeness (QED) is 0.268. The third kappa shape index (κ3) is 7.62. The van der Waals surface area contributed by atoms with E-state index in [1.807, 2.05) is 55.5 Å². The Morgan fingerprint density at radius 3 is 2.73 bits per heavy atom. The molecule has 1 fully saturated rings. The van der Waals surface area contributed by atoms with Crippen LogP contribution in [-0.2, 0) is 6.54 Å². The number of amides is 1. The first-order valence-electron chi connectivity index (χ1n) is 11.5. The number of allylic oxidation sites excluding steroid dienone is 1. The second-order valence-corrected chi connectivity index (χ2v) is 8.95. The van der Waals surface area contributed by atoms with Gasteiger partial charge in [-0.25, -0.2) is 0 Å². The van der Waals surface area contributed by atoms with Crippen molar-refractivity contribution in [3.8, 4) is 5.75 Å². The van der Waals surface area contributed by atoms with Gasteiger partial charge in [-0.2, -0.15) is 5.10 Å². The van der Waals surface area contributed by atoms with E-state index in [0.717, 1.165) is 24.3 Å². The highest BCUT2D eigenvalue weighted by Gasteiger charge is 2.16. The summed E-state index contributed by atoms with van der Waals surface area (Å²) in [7, 11) is 0. The summed E-state index contributed by atoms with van der Waals surface area (Å²) in [6.07, 6.45) is 5.89. The second kappa shape index (κ2) is 12.4. The van der Waals surface area contributed by atoms with E-state index in [9.17, 15) is 4.79 Å². The van der Waals surface area contributed by atoms with Crippen LogP contribution in [0.15, 0.2) is 59.7 Å². The first-order chi connectivity index (χ1) is 16.0. The van der Waals surface area contributed by atoms with Gasteiger partial charge in [-0.1, -0.05) is 43.7 Å². The molecule has 1 heterocycles. The molecule has 33 heavy (non-hydrogen) atoms. The maximum absolute atomic E-state index is 12.7. The largest absolute Gasteiger partial charge is 0.493 e. The molecule has 0 aromatic heterocycles. The summed E-state index contributed by atoms with van der Waals surface area (Å²) in [6.45, 7) is 8.15. The van der Waals surface area contributed by atoms with Crippen molar-refractivity contribution in [2.24, 2.45) is 11.0 Å². The van der Waals surface area contributed by atoms with Crippen LogP contribution in [0.5, 0.6) is 5.75 Å². The Hall–Kier alpha value is -2.83. The number of amidine groups is 1. The van der Waals surface area contributed by atoms with Crippen molar-refractivity contribution in [3.05, 3.63) is 76.3 Å². The van der Waals surface area contributed by atoms with Gasteiger partial charge in [0.25, 0.3) is 5.91 Å². The number of hydrogen-bond acceptors (Lipinski definition) is 5. The van der Waals surface area contributed by atoms with Crippen LogP contribution in [0.2, 0.25) is 5.02 Å². The number of rotatable bonds is 9. The van der Waals surface area contributed by atoms with Crippen LogP contribution >= 0.6 is 11.6 Å². The van der Waals surface area contributed by atoms with Crippen molar-refractivity contribution in [2.45, 2.75) is 46.2 Å². The molecule has 0 spiro atoms. The minimum Gasteiger partial charge on any atom is -0.493 e. The van der Waals surface area contributed by atoms with E-state index in [-0.39, 0.29) is 5.91 Å². The van der Waals surface area contributed by atoms with Crippen LogP contribution in [0.25, 0.3) is 0 Å². The maximum Gasteiger partial charge on any atom is 0.256 e. The minimum absolute atomic E-state index is 0.205. The Labute approximate surface area is 201 Å². The molecular formula is C26H33ClN4O2. The molecule has 0 radical (unpaired) electrons. The number of carbonyl (C=O) groups is 1. The first-order valence-corrected chi connectivity index (χ1v) is 11.8. The normalized spacial score (nSPS) is 16.4. The number of carbonyl (C=O) groups excluding carboxylic acids is 1. The molecule has 1 atom stereocenters. The Bertz CT molecular complexity index is 980. The molecule has 2 aromatic carbocycles. The fourth-order valence-electron chi connectivity index (χ4n) is 3.58. The summed E-state index contributed by atoms with van der Waals surface area (Å²) in [6, 6.07) is 13.7. The van der Waals surface area contributed by atoms with Crippen molar-refractivity contribution < 1.29 is 9.53 Å². The highest BCUT2D eigenvalue weighted by Crippen LogP contribution is 2.24. The molecular weight excluding hydrogens is 436 g/mol. The molecule has 3 N–H and O–H groups in total. The van der Waals surface area contributed by atoms with E-state index in [4.69, 9.17) is 16.3 Å². The zero-order valence-electron chi connectivity index (χ0n) is 19.5. The van der Waals surface area contributed by atoms with Gasteiger partial charge in [-0.3, -0.25) is 4.79 Å². The summed E-state index contributed by atoms with van der Waals surface area (Å²) in [4.78, 5) is 12.7. The van der Waals surface area contributed by atoms with Crippen LogP contribution in [-0.4, -0.2) is 24.9 Å². The topological polar surface area (TPSA) is 74.8 Å². The van der Waals surface area contributed by atoms with Crippen molar-refractivity contribution in [1.29, 1.82) is 0 Å². The molecule has 7 heteroatoms. The zero-order valence-corrected chi connectivity index (χ0v) is 20.3. The van der Waals surface area contributed by atoms with Crippen molar-refractivity contribution >= 4 is 23.3 Å². The third-order valence-corrected chi connectivity index (χ3v) is 5.50. The van der Waals surface area contributed by atoms with Crippen LogP contribution in [0.3, 0.4) is 0 Å². The molecule has 1 aliphatic heterocycles. The summed E-state index contributed by atoms with van der Waals surface area (Å²) >= 11 is 6.17. The Balaban J connectivity index is 1.62. The molecule has 176 valence electrons. The summed E-state index contributed by atoms with van der Waals surface area (Å²) in [5, 5.41) is 11.3. The third-order valence-electron chi connectivity index (χ3n) is 5.27. The van der Waals surface area contributed by atoms with Gasteiger partial charge < -0.3 is 20.8 Å². The predicted molar refractivity (Wildman–Crippen MR) is 135 cm³/mol. The fourth-order valence-corrected chi connectivity index (χ4v) is 3.78. The number of hydrogen-bond donors (Lipinski definition) is 3. The minimum atomic E-state index is -0.205. The average Bonchev–Trinajstić information content (AvgIpc) is 3.33. The van der Waals surface area contributed by atoms with E-state index >= 15 is 0 Å². The van der Waals surface area contributed by atoms with Crippen molar-refractivity contribution in [3.63, 3.8) is 0 Å². The molecule has 0 aliphatic carbocycles. The van der Waals surface area contributed by atoms with Gasteiger partial charge in [0, 0.05) is 22.2 Å². The van der Waals surface area contributed by atoms with Gasteiger partial charge in [0.1, 0.15) is 5.75 Å². The summed E-state index contributed by atoms with van der Waals surface area (Å²) < 4.78 is 5.89. The van der Waals surface area contributed by atoms with Gasteiger partial charge in [0.05, 0.1) is 13.2 Å². The molecule has 1 unspecified atom stereocenters. The highest BCUT2D eigenvalue weighted by molar-refractivity contribution is 6.30. The SMILES string of the molecule is C/C=C/C(=N\NCc1cc(Cl)ccc1OCC(C)C)NC(=O)c1ccc(C2CCCN2)cc1.